The van der Waals surface area contributed by atoms with Crippen LogP contribution in [0.25, 0.3) is 22.5 Å². The van der Waals surface area contributed by atoms with Crippen molar-refractivity contribution in [1.29, 1.82) is 0 Å². The van der Waals surface area contributed by atoms with Crippen LogP contribution in [0.2, 0.25) is 0 Å². The van der Waals surface area contributed by atoms with Crippen molar-refractivity contribution in [2.24, 2.45) is 0 Å². The van der Waals surface area contributed by atoms with Gasteiger partial charge in [0.2, 0.25) is 0 Å². The van der Waals surface area contributed by atoms with E-state index in [1.807, 2.05) is 0 Å². The lowest BCUT2D eigenvalue weighted by atomic mass is 10.0. The van der Waals surface area contributed by atoms with Gasteiger partial charge in [-0.2, -0.15) is 0 Å². The number of rotatable bonds is 3. The van der Waals surface area contributed by atoms with Crippen LogP contribution >= 0.6 is 0 Å². The molecule has 114 valence electrons. The van der Waals surface area contributed by atoms with Crippen molar-refractivity contribution in [1.82, 2.24) is 4.98 Å². The molecule has 1 aromatic heterocycles. The minimum absolute atomic E-state index is 0.00137. The molecule has 0 saturated carbocycles. The molecule has 1 N–H and O–H groups in total. The van der Waals surface area contributed by atoms with Crippen molar-refractivity contribution in [3.8, 4) is 22.5 Å². The normalized spacial score (nSPS) is 10.5. The predicted molar refractivity (Wildman–Crippen MR) is 82.0 cm³/mol. The minimum atomic E-state index is -1.14. The molecule has 2 aromatic carbocycles. The lowest BCUT2D eigenvalue weighted by Crippen LogP contribution is -2.00. The maximum atomic E-state index is 13.4. The van der Waals surface area contributed by atoms with Crippen LogP contribution in [0.4, 0.5) is 8.78 Å². The third-order valence-electron chi connectivity index (χ3n) is 3.31. The van der Waals surface area contributed by atoms with Crippen LogP contribution in [0.15, 0.2) is 60.7 Å². The van der Waals surface area contributed by atoms with Gasteiger partial charge in [0.05, 0.1) is 17.0 Å². The summed E-state index contributed by atoms with van der Waals surface area (Å²) in [4.78, 5) is 15.7. The van der Waals surface area contributed by atoms with Gasteiger partial charge in [-0.1, -0.05) is 24.3 Å². The van der Waals surface area contributed by atoms with Crippen LogP contribution in [0.1, 0.15) is 10.4 Å². The van der Waals surface area contributed by atoms with E-state index in [-0.39, 0.29) is 5.56 Å². The van der Waals surface area contributed by atoms with Crippen LogP contribution in [0, 0.1) is 11.6 Å². The molecule has 0 unspecified atom stereocenters. The second-order valence-corrected chi connectivity index (χ2v) is 4.95. The first-order valence-corrected chi connectivity index (χ1v) is 6.80. The van der Waals surface area contributed by atoms with Crippen LogP contribution < -0.4 is 0 Å². The Morgan fingerprint density at radius 2 is 1.30 bits per heavy atom. The largest absolute Gasteiger partial charge is 0.478 e. The lowest BCUT2D eigenvalue weighted by molar-refractivity contribution is 0.0697. The van der Waals surface area contributed by atoms with E-state index >= 15 is 0 Å². The van der Waals surface area contributed by atoms with Gasteiger partial charge < -0.3 is 5.11 Å². The van der Waals surface area contributed by atoms with Gasteiger partial charge in [0, 0.05) is 11.1 Å². The van der Waals surface area contributed by atoms with Gasteiger partial charge in [-0.25, -0.2) is 18.6 Å². The lowest BCUT2D eigenvalue weighted by Gasteiger charge is -2.08. The zero-order valence-electron chi connectivity index (χ0n) is 11.8. The van der Waals surface area contributed by atoms with E-state index in [2.05, 4.69) is 4.98 Å². The Labute approximate surface area is 130 Å². The molecule has 3 nitrogen and oxygen atoms in total. The van der Waals surface area contributed by atoms with Gasteiger partial charge in [-0.3, -0.25) is 0 Å². The summed E-state index contributed by atoms with van der Waals surface area (Å²) in [5.41, 5.74) is 1.52. The molecule has 0 fully saturated rings. The molecule has 0 spiro atoms. The molecule has 3 aromatic rings. The van der Waals surface area contributed by atoms with E-state index in [1.54, 1.807) is 12.1 Å². The maximum absolute atomic E-state index is 13.4. The van der Waals surface area contributed by atoms with E-state index in [9.17, 15) is 18.7 Å². The van der Waals surface area contributed by atoms with E-state index < -0.39 is 17.6 Å². The van der Waals surface area contributed by atoms with Crippen LogP contribution in [-0.4, -0.2) is 16.1 Å². The Balaban J connectivity index is 2.19. The van der Waals surface area contributed by atoms with Crippen molar-refractivity contribution < 1.29 is 18.7 Å². The Bertz CT molecular complexity index is 830. The standard InChI is InChI=1S/C18H11F2NO2/c19-14-5-1-3-11(7-14)16-9-13(18(22)23)10-17(21-16)12-4-2-6-15(20)8-12/h1-10H,(H,22,23). The Kier molecular flexibility index (Phi) is 3.85. The monoisotopic (exact) mass is 311 g/mol. The molecule has 23 heavy (non-hydrogen) atoms. The highest BCUT2D eigenvalue weighted by atomic mass is 19.1. The number of carboxylic acid groups (broad SMARTS) is 1. The second kappa shape index (κ2) is 5.96. The zero-order valence-corrected chi connectivity index (χ0v) is 11.8. The molecule has 1 heterocycles. The third-order valence-corrected chi connectivity index (χ3v) is 3.31. The first-order chi connectivity index (χ1) is 11.0. The van der Waals surface area contributed by atoms with Crippen LogP contribution in [-0.2, 0) is 0 Å². The highest BCUT2D eigenvalue weighted by molar-refractivity contribution is 5.90. The number of hydrogen-bond donors (Lipinski definition) is 1. The van der Waals surface area contributed by atoms with E-state index in [0.717, 1.165) is 0 Å². The molecular formula is C18H11F2NO2. The van der Waals surface area contributed by atoms with Gasteiger partial charge in [-0.15, -0.1) is 0 Å². The van der Waals surface area contributed by atoms with E-state index in [4.69, 9.17) is 0 Å². The van der Waals surface area contributed by atoms with E-state index in [0.29, 0.717) is 22.5 Å². The number of carboxylic acids is 1. The highest BCUT2D eigenvalue weighted by Crippen LogP contribution is 2.25. The zero-order chi connectivity index (χ0) is 16.4. The summed E-state index contributed by atoms with van der Waals surface area (Å²) < 4.78 is 26.8. The fourth-order valence-electron chi connectivity index (χ4n) is 2.25. The molecular weight excluding hydrogens is 300 g/mol. The number of nitrogens with zero attached hydrogens (tertiary/aromatic N) is 1. The number of hydrogen-bond acceptors (Lipinski definition) is 2. The van der Waals surface area contributed by atoms with Crippen LogP contribution in [0.3, 0.4) is 0 Å². The van der Waals surface area contributed by atoms with Gasteiger partial charge >= 0.3 is 5.97 Å². The predicted octanol–water partition coefficient (Wildman–Crippen LogP) is 4.39. The Morgan fingerprint density at radius 3 is 1.70 bits per heavy atom. The quantitative estimate of drug-likeness (QED) is 0.780. The Hall–Kier alpha value is -3.08. The molecule has 0 atom stereocenters. The summed E-state index contributed by atoms with van der Waals surface area (Å²) in [6.45, 7) is 0. The SMILES string of the molecule is O=C(O)c1cc(-c2cccc(F)c2)nc(-c2cccc(F)c2)c1. The summed E-state index contributed by atoms with van der Waals surface area (Å²) in [6.07, 6.45) is 0. The van der Waals surface area contributed by atoms with Gasteiger partial charge in [-0.05, 0) is 36.4 Å². The first kappa shape index (κ1) is 14.8. The molecule has 0 saturated heterocycles. The van der Waals surface area contributed by atoms with Crippen molar-refractivity contribution in [3.05, 3.63) is 77.9 Å². The summed E-state index contributed by atoms with van der Waals surface area (Å²) in [6, 6.07) is 14.1. The molecule has 0 radical (unpaired) electrons. The van der Waals surface area contributed by atoms with Crippen LogP contribution in [0.5, 0.6) is 0 Å². The fourth-order valence-corrected chi connectivity index (χ4v) is 2.25. The molecule has 0 amide bonds. The molecule has 0 aliphatic heterocycles. The van der Waals surface area contributed by atoms with Gasteiger partial charge in [0.15, 0.2) is 0 Å². The summed E-state index contributed by atoms with van der Waals surface area (Å²) in [7, 11) is 0. The smallest absolute Gasteiger partial charge is 0.335 e. The first-order valence-electron chi connectivity index (χ1n) is 6.80. The van der Waals surface area contributed by atoms with Crippen molar-refractivity contribution >= 4 is 5.97 Å². The topological polar surface area (TPSA) is 50.2 Å². The summed E-state index contributed by atoms with van der Waals surface area (Å²) in [5, 5.41) is 9.26. The van der Waals surface area contributed by atoms with Crippen molar-refractivity contribution in [2.75, 3.05) is 0 Å². The number of aromatic carboxylic acids is 1. The average Bonchev–Trinajstić information content (AvgIpc) is 2.54. The van der Waals surface area contributed by atoms with Gasteiger partial charge in [0.1, 0.15) is 11.6 Å². The molecule has 0 aliphatic carbocycles. The second-order valence-electron chi connectivity index (χ2n) is 4.95. The van der Waals surface area contributed by atoms with Crippen molar-refractivity contribution in [3.63, 3.8) is 0 Å². The molecule has 0 bridgehead atoms. The number of halogens is 2. The maximum Gasteiger partial charge on any atom is 0.335 e. The highest BCUT2D eigenvalue weighted by Gasteiger charge is 2.12. The van der Waals surface area contributed by atoms with E-state index in [1.165, 1.54) is 48.5 Å². The molecule has 0 aliphatic rings. The molecule has 3 rings (SSSR count). The third kappa shape index (κ3) is 3.23. The molecule has 5 heteroatoms. The number of carbonyl (C=O) groups is 1. The van der Waals surface area contributed by atoms with Gasteiger partial charge in [0.25, 0.3) is 0 Å². The number of pyridine rings is 1. The fraction of sp³-hybridized carbons (Fsp3) is 0. The van der Waals surface area contributed by atoms with Crippen molar-refractivity contribution in [2.45, 2.75) is 0 Å². The number of benzene rings is 2. The number of aromatic nitrogens is 1. The average molecular weight is 311 g/mol. The summed E-state index contributed by atoms with van der Waals surface area (Å²) >= 11 is 0. The minimum Gasteiger partial charge on any atom is -0.478 e. The Morgan fingerprint density at radius 1 is 0.826 bits per heavy atom. The summed E-state index contributed by atoms with van der Waals surface area (Å²) in [5.74, 6) is -2.03.